The fraction of sp³-hybridized carbons (Fsp3) is 0.581. The normalized spacial score (nSPS) is 32.2. The van der Waals surface area contributed by atoms with Crippen LogP contribution < -0.4 is 4.74 Å². The fourth-order valence-corrected chi connectivity index (χ4v) is 10.6. The Labute approximate surface area is 283 Å². The van der Waals surface area contributed by atoms with Gasteiger partial charge in [-0.1, -0.05) is 108 Å². The number of hydrogen-bond donors (Lipinski definition) is 0. The van der Waals surface area contributed by atoms with E-state index in [9.17, 15) is 9.59 Å². The van der Waals surface area contributed by atoms with Gasteiger partial charge in [0.05, 0.1) is 0 Å². The maximum absolute atomic E-state index is 12.7. The first-order chi connectivity index (χ1) is 22.6. The number of fused-ring (bicyclic) bond motifs is 5. The highest BCUT2D eigenvalue weighted by atomic mass is 16.5. The molecule has 2 aromatic carbocycles. The summed E-state index contributed by atoms with van der Waals surface area (Å²) in [5.74, 6) is 4.26. The highest BCUT2D eigenvalue weighted by molar-refractivity contribution is 5.92. The topological polar surface area (TPSA) is 52.6 Å². The number of carbonyl (C=O) groups excluding carboxylic acids is 2. The minimum absolute atomic E-state index is 0.138. The standard InChI is InChI=1S/C43H56O4/c1-29(2)10-9-11-30(3)37-20-21-38-36-19-16-33-28-35(24-26-42(33,4)39(36)25-27-43(37,38)5)47-41(45)23-22-40(44)46-34-17-14-32(15-18-34)31-12-7-6-8-13-31/h6-8,12-18,22-23,29-30,35-39H,9-11,19-21,24-28H2,1-5H3/b23-22+/t30-,35+,36+,37-,38+,39+,42+,43-/m1/s1. The average molecular weight is 637 g/mol. The van der Waals surface area contributed by atoms with Crippen molar-refractivity contribution in [2.45, 2.75) is 111 Å². The maximum atomic E-state index is 12.7. The van der Waals surface area contributed by atoms with Gasteiger partial charge in [0.2, 0.25) is 0 Å². The van der Waals surface area contributed by atoms with Gasteiger partial charge in [0.25, 0.3) is 0 Å². The van der Waals surface area contributed by atoms with Gasteiger partial charge in [-0.3, -0.25) is 0 Å². The number of hydrogen-bond acceptors (Lipinski definition) is 4. The smallest absolute Gasteiger partial charge is 0.336 e. The van der Waals surface area contributed by atoms with Crippen LogP contribution in [0.4, 0.5) is 0 Å². The molecule has 47 heavy (non-hydrogen) atoms. The Morgan fingerprint density at radius 3 is 2.30 bits per heavy atom. The van der Waals surface area contributed by atoms with Gasteiger partial charge in [-0.15, -0.1) is 0 Å². The third-order valence-corrected chi connectivity index (χ3v) is 13.1. The molecule has 0 radical (unpaired) electrons. The van der Waals surface area contributed by atoms with Crippen molar-refractivity contribution < 1.29 is 19.1 Å². The number of carbonyl (C=O) groups is 2. The first kappa shape index (κ1) is 33.7. The Kier molecular flexibility index (Phi) is 10.2. The Morgan fingerprint density at radius 1 is 0.830 bits per heavy atom. The molecule has 0 aromatic heterocycles. The number of benzene rings is 2. The molecule has 0 N–H and O–H groups in total. The summed E-state index contributed by atoms with van der Waals surface area (Å²) in [5.41, 5.74) is 4.35. The molecule has 252 valence electrons. The summed E-state index contributed by atoms with van der Waals surface area (Å²) >= 11 is 0. The molecule has 0 saturated heterocycles. The van der Waals surface area contributed by atoms with Gasteiger partial charge in [-0.05, 0) is 115 Å². The summed E-state index contributed by atoms with van der Waals surface area (Å²) in [5, 5.41) is 0. The molecule has 4 nitrogen and oxygen atoms in total. The monoisotopic (exact) mass is 636 g/mol. The van der Waals surface area contributed by atoms with Crippen LogP contribution in [-0.2, 0) is 14.3 Å². The lowest BCUT2D eigenvalue weighted by molar-refractivity contribution is -0.145. The van der Waals surface area contributed by atoms with Crippen LogP contribution in [0.25, 0.3) is 11.1 Å². The molecule has 0 amide bonds. The van der Waals surface area contributed by atoms with Crippen molar-refractivity contribution in [1.29, 1.82) is 0 Å². The molecule has 0 heterocycles. The predicted octanol–water partition coefficient (Wildman–Crippen LogP) is 10.8. The van der Waals surface area contributed by atoms with Crippen LogP contribution in [0.5, 0.6) is 5.75 Å². The molecule has 4 heteroatoms. The van der Waals surface area contributed by atoms with E-state index in [0.717, 1.165) is 65.9 Å². The number of allylic oxidation sites excluding steroid dienone is 1. The molecular weight excluding hydrogens is 580 g/mol. The molecule has 0 spiro atoms. The van der Waals surface area contributed by atoms with Crippen LogP contribution in [0, 0.1) is 46.3 Å². The van der Waals surface area contributed by atoms with Gasteiger partial charge >= 0.3 is 11.9 Å². The van der Waals surface area contributed by atoms with Crippen molar-refractivity contribution >= 4 is 11.9 Å². The SMILES string of the molecule is CC(C)CCC[C@@H](C)[C@H]1CC[C@H]2[C@@H]3CC=C4C[C@@H](OC(=O)/C=C/C(=O)Oc5ccc(-c6ccccc6)cc5)CC[C@]4(C)[C@H]3CC[C@]12C. The molecule has 0 aliphatic heterocycles. The van der Waals surface area contributed by atoms with Gasteiger partial charge in [0.1, 0.15) is 11.9 Å². The van der Waals surface area contributed by atoms with E-state index in [2.05, 4.69) is 40.7 Å². The molecule has 6 rings (SSSR count). The zero-order valence-corrected chi connectivity index (χ0v) is 29.4. The third kappa shape index (κ3) is 7.18. The second kappa shape index (κ2) is 14.1. The minimum Gasteiger partial charge on any atom is -0.459 e. The van der Waals surface area contributed by atoms with Crippen LogP contribution >= 0.6 is 0 Å². The molecule has 8 atom stereocenters. The minimum atomic E-state index is -0.588. The summed E-state index contributed by atoms with van der Waals surface area (Å²) in [6.07, 6.45) is 18.4. The molecule has 2 aromatic rings. The first-order valence-corrected chi connectivity index (χ1v) is 18.5. The van der Waals surface area contributed by atoms with E-state index in [0.29, 0.717) is 11.2 Å². The predicted molar refractivity (Wildman–Crippen MR) is 190 cm³/mol. The van der Waals surface area contributed by atoms with Crippen molar-refractivity contribution in [3.05, 3.63) is 78.4 Å². The zero-order chi connectivity index (χ0) is 33.2. The summed E-state index contributed by atoms with van der Waals surface area (Å²) in [4.78, 5) is 25.2. The highest BCUT2D eigenvalue weighted by Gasteiger charge is 2.59. The summed E-state index contributed by atoms with van der Waals surface area (Å²) in [6, 6.07) is 17.4. The summed E-state index contributed by atoms with van der Waals surface area (Å²) in [7, 11) is 0. The first-order valence-electron chi connectivity index (χ1n) is 18.5. The van der Waals surface area contributed by atoms with E-state index < -0.39 is 11.9 Å². The largest absolute Gasteiger partial charge is 0.459 e. The van der Waals surface area contributed by atoms with Crippen LogP contribution in [0.2, 0.25) is 0 Å². The Hall–Kier alpha value is -3.14. The van der Waals surface area contributed by atoms with E-state index in [4.69, 9.17) is 9.47 Å². The van der Waals surface area contributed by atoms with Crippen molar-refractivity contribution in [2.24, 2.45) is 46.3 Å². The molecular formula is C43H56O4. The van der Waals surface area contributed by atoms with Crippen LogP contribution in [-0.4, -0.2) is 18.0 Å². The van der Waals surface area contributed by atoms with Gasteiger partial charge in [0, 0.05) is 18.6 Å². The fourth-order valence-electron chi connectivity index (χ4n) is 10.6. The zero-order valence-electron chi connectivity index (χ0n) is 29.4. The second-order valence-electron chi connectivity index (χ2n) is 16.2. The van der Waals surface area contributed by atoms with Crippen LogP contribution in [0.3, 0.4) is 0 Å². The molecule has 0 bridgehead atoms. The van der Waals surface area contributed by atoms with Crippen molar-refractivity contribution in [1.82, 2.24) is 0 Å². The van der Waals surface area contributed by atoms with Gasteiger partial charge < -0.3 is 9.47 Å². The van der Waals surface area contributed by atoms with Gasteiger partial charge in [0.15, 0.2) is 0 Å². The van der Waals surface area contributed by atoms with Gasteiger partial charge in [-0.2, -0.15) is 0 Å². The molecule has 0 unspecified atom stereocenters. The Bertz CT molecular complexity index is 1450. The molecule has 4 aliphatic rings. The van der Waals surface area contributed by atoms with Crippen LogP contribution in [0.15, 0.2) is 78.4 Å². The van der Waals surface area contributed by atoms with Crippen LogP contribution in [0.1, 0.15) is 105 Å². The number of esters is 2. The second-order valence-corrected chi connectivity index (χ2v) is 16.2. The lowest BCUT2D eigenvalue weighted by atomic mass is 9.47. The van der Waals surface area contributed by atoms with E-state index in [1.54, 1.807) is 12.1 Å². The van der Waals surface area contributed by atoms with Crippen molar-refractivity contribution in [3.8, 4) is 16.9 Å². The lowest BCUT2D eigenvalue weighted by Gasteiger charge is -2.58. The average Bonchev–Trinajstić information content (AvgIpc) is 3.42. The van der Waals surface area contributed by atoms with E-state index >= 15 is 0 Å². The Morgan fingerprint density at radius 2 is 1.55 bits per heavy atom. The van der Waals surface area contributed by atoms with E-state index in [1.807, 2.05) is 42.5 Å². The Balaban J connectivity index is 1.01. The van der Waals surface area contributed by atoms with Crippen molar-refractivity contribution in [2.75, 3.05) is 0 Å². The highest BCUT2D eigenvalue weighted by Crippen LogP contribution is 2.67. The third-order valence-electron chi connectivity index (χ3n) is 13.1. The molecule has 3 saturated carbocycles. The van der Waals surface area contributed by atoms with Crippen molar-refractivity contribution in [3.63, 3.8) is 0 Å². The lowest BCUT2D eigenvalue weighted by Crippen LogP contribution is -2.51. The molecule has 3 fully saturated rings. The van der Waals surface area contributed by atoms with E-state index in [1.165, 1.54) is 69.1 Å². The summed E-state index contributed by atoms with van der Waals surface area (Å²) in [6.45, 7) is 12.4. The summed E-state index contributed by atoms with van der Waals surface area (Å²) < 4.78 is 11.3. The van der Waals surface area contributed by atoms with E-state index in [-0.39, 0.29) is 11.5 Å². The number of ether oxygens (including phenoxy) is 2. The maximum Gasteiger partial charge on any atom is 0.336 e. The molecule has 4 aliphatic carbocycles. The van der Waals surface area contributed by atoms with Gasteiger partial charge in [-0.25, -0.2) is 9.59 Å². The quantitative estimate of drug-likeness (QED) is 0.113. The number of rotatable bonds is 10.